The Labute approximate surface area is 124 Å². The van der Waals surface area contributed by atoms with Crippen molar-refractivity contribution >= 4 is 21.6 Å². The van der Waals surface area contributed by atoms with Gasteiger partial charge in [0.1, 0.15) is 0 Å². The van der Waals surface area contributed by atoms with E-state index in [4.69, 9.17) is 0 Å². The molecule has 1 unspecified atom stereocenters. The van der Waals surface area contributed by atoms with Crippen molar-refractivity contribution in [3.63, 3.8) is 0 Å². The molecule has 0 N–H and O–H groups in total. The molecule has 0 amide bonds. The number of likely N-dealkylation sites (N-methyl/N-ethyl adjacent to an activating group) is 1. The second-order valence-corrected chi connectivity index (χ2v) is 5.63. The van der Waals surface area contributed by atoms with Gasteiger partial charge in [-0.1, -0.05) is 64.0 Å². The molecule has 0 saturated heterocycles. The van der Waals surface area contributed by atoms with E-state index in [0.29, 0.717) is 5.92 Å². The van der Waals surface area contributed by atoms with Crippen molar-refractivity contribution in [3.8, 4) is 0 Å². The van der Waals surface area contributed by atoms with E-state index in [2.05, 4.69) is 89.4 Å². The maximum Gasteiger partial charge on any atom is 0.0363 e. The molecular weight excluding hydrogens is 298 g/mol. The Morgan fingerprint density at radius 1 is 1.00 bits per heavy atom. The summed E-state index contributed by atoms with van der Waals surface area (Å²) in [6.07, 6.45) is 0. The highest BCUT2D eigenvalue weighted by atomic mass is 79.9. The lowest BCUT2D eigenvalue weighted by Crippen LogP contribution is -2.25. The zero-order valence-corrected chi connectivity index (χ0v) is 13.1. The predicted molar refractivity (Wildman–Crippen MR) is 87.4 cm³/mol. The highest BCUT2D eigenvalue weighted by molar-refractivity contribution is 9.09. The van der Waals surface area contributed by atoms with Gasteiger partial charge in [0.2, 0.25) is 0 Å². The largest absolute Gasteiger partial charge is 0.374 e. The molecule has 0 spiro atoms. The summed E-state index contributed by atoms with van der Waals surface area (Å²) >= 11 is 3.64. The lowest BCUT2D eigenvalue weighted by atomic mass is 10.0. The fourth-order valence-electron chi connectivity index (χ4n) is 2.20. The lowest BCUT2D eigenvalue weighted by Gasteiger charge is -2.25. The minimum atomic E-state index is 0.507. The summed E-state index contributed by atoms with van der Waals surface area (Å²) in [7, 11) is 2.16. The third-order valence-corrected chi connectivity index (χ3v) is 4.21. The molecule has 0 bridgehead atoms. The first-order chi connectivity index (χ1) is 9.20. The van der Waals surface area contributed by atoms with E-state index in [1.165, 1.54) is 16.8 Å². The van der Waals surface area contributed by atoms with Gasteiger partial charge in [-0.2, -0.15) is 0 Å². The number of halogens is 1. The number of anilines is 1. The number of hydrogen-bond acceptors (Lipinski definition) is 1. The summed E-state index contributed by atoms with van der Waals surface area (Å²) in [5.74, 6) is 0.507. The van der Waals surface area contributed by atoms with Crippen molar-refractivity contribution in [2.75, 3.05) is 23.8 Å². The summed E-state index contributed by atoms with van der Waals surface area (Å²) in [5, 5.41) is 0.979. The monoisotopic (exact) mass is 317 g/mol. The highest BCUT2D eigenvalue weighted by Crippen LogP contribution is 2.22. The van der Waals surface area contributed by atoms with Crippen LogP contribution in [0.5, 0.6) is 0 Å². The van der Waals surface area contributed by atoms with Crippen LogP contribution in [-0.4, -0.2) is 18.9 Å². The summed E-state index contributed by atoms with van der Waals surface area (Å²) < 4.78 is 0. The maximum absolute atomic E-state index is 3.64. The fourth-order valence-corrected chi connectivity index (χ4v) is 2.78. The molecular formula is C17H20BrN. The number of nitrogens with zero attached hydrogens (tertiary/aromatic N) is 1. The van der Waals surface area contributed by atoms with E-state index >= 15 is 0 Å². The average molecular weight is 318 g/mol. The first-order valence-electron chi connectivity index (χ1n) is 6.59. The molecule has 2 heteroatoms. The summed E-state index contributed by atoms with van der Waals surface area (Å²) in [6.45, 7) is 3.13. The van der Waals surface area contributed by atoms with Gasteiger partial charge in [0.05, 0.1) is 0 Å². The van der Waals surface area contributed by atoms with Crippen LogP contribution in [-0.2, 0) is 0 Å². The molecule has 2 rings (SSSR count). The van der Waals surface area contributed by atoms with Gasteiger partial charge in [0.15, 0.2) is 0 Å². The fraction of sp³-hybridized carbons (Fsp3) is 0.294. The quantitative estimate of drug-likeness (QED) is 0.728. The van der Waals surface area contributed by atoms with Crippen LogP contribution in [0.2, 0.25) is 0 Å². The van der Waals surface area contributed by atoms with Gasteiger partial charge in [-0.25, -0.2) is 0 Å². The summed E-state index contributed by atoms with van der Waals surface area (Å²) in [5.41, 5.74) is 3.96. The van der Waals surface area contributed by atoms with Gasteiger partial charge in [0.25, 0.3) is 0 Å². The van der Waals surface area contributed by atoms with E-state index < -0.39 is 0 Å². The van der Waals surface area contributed by atoms with Gasteiger partial charge < -0.3 is 4.90 Å². The first-order valence-corrected chi connectivity index (χ1v) is 7.71. The molecule has 19 heavy (non-hydrogen) atoms. The number of alkyl halides is 1. The van der Waals surface area contributed by atoms with Crippen molar-refractivity contribution in [2.24, 2.45) is 0 Å². The Morgan fingerprint density at radius 2 is 1.63 bits per heavy atom. The second-order valence-electron chi connectivity index (χ2n) is 4.98. The molecule has 0 heterocycles. The Morgan fingerprint density at radius 3 is 2.21 bits per heavy atom. The second kappa shape index (κ2) is 6.76. The van der Waals surface area contributed by atoms with Gasteiger partial charge in [-0.3, -0.25) is 0 Å². The third kappa shape index (κ3) is 3.84. The van der Waals surface area contributed by atoms with Crippen LogP contribution in [0.15, 0.2) is 54.6 Å². The van der Waals surface area contributed by atoms with Crippen molar-refractivity contribution < 1.29 is 0 Å². The number of aryl methyl sites for hydroxylation is 1. The SMILES string of the molecule is Cc1ccc(N(C)CC(CBr)c2ccccc2)cc1. The molecule has 1 nitrogen and oxygen atoms in total. The Balaban J connectivity index is 2.08. The average Bonchev–Trinajstić information content (AvgIpc) is 2.46. The van der Waals surface area contributed by atoms with Crippen LogP contribution in [0.1, 0.15) is 17.0 Å². The minimum absolute atomic E-state index is 0.507. The molecule has 100 valence electrons. The highest BCUT2D eigenvalue weighted by Gasteiger charge is 2.12. The topological polar surface area (TPSA) is 3.24 Å². The molecule has 2 aromatic rings. The van der Waals surface area contributed by atoms with E-state index in [1.54, 1.807) is 0 Å². The Kier molecular flexibility index (Phi) is 5.03. The molecule has 0 radical (unpaired) electrons. The summed E-state index contributed by atoms with van der Waals surface area (Å²) in [4.78, 5) is 2.32. The van der Waals surface area contributed by atoms with E-state index in [0.717, 1.165) is 11.9 Å². The van der Waals surface area contributed by atoms with Crippen molar-refractivity contribution in [1.82, 2.24) is 0 Å². The van der Waals surface area contributed by atoms with E-state index in [9.17, 15) is 0 Å². The third-order valence-electron chi connectivity index (χ3n) is 3.43. The van der Waals surface area contributed by atoms with E-state index in [-0.39, 0.29) is 0 Å². The standard InChI is InChI=1S/C17H20BrN/c1-14-8-10-17(11-9-14)19(2)13-16(12-18)15-6-4-3-5-7-15/h3-11,16H,12-13H2,1-2H3. The lowest BCUT2D eigenvalue weighted by molar-refractivity contribution is 0.747. The van der Waals surface area contributed by atoms with Crippen molar-refractivity contribution in [1.29, 1.82) is 0 Å². The van der Waals surface area contributed by atoms with Crippen LogP contribution in [0.4, 0.5) is 5.69 Å². The van der Waals surface area contributed by atoms with Gasteiger partial charge in [-0.15, -0.1) is 0 Å². The number of hydrogen-bond donors (Lipinski definition) is 0. The molecule has 2 aromatic carbocycles. The zero-order valence-electron chi connectivity index (χ0n) is 11.5. The zero-order chi connectivity index (χ0) is 13.7. The molecule has 0 aliphatic carbocycles. The van der Waals surface area contributed by atoms with Crippen LogP contribution in [0, 0.1) is 6.92 Å². The van der Waals surface area contributed by atoms with Crippen LogP contribution < -0.4 is 4.90 Å². The number of benzene rings is 2. The first kappa shape index (κ1) is 14.1. The normalized spacial score (nSPS) is 12.2. The molecule has 0 aromatic heterocycles. The molecule has 0 fully saturated rings. The molecule has 1 atom stereocenters. The smallest absolute Gasteiger partial charge is 0.0363 e. The van der Waals surface area contributed by atoms with Crippen LogP contribution >= 0.6 is 15.9 Å². The van der Waals surface area contributed by atoms with Crippen LogP contribution in [0.25, 0.3) is 0 Å². The minimum Gasteiger partial charge on any atom is -0.374 e. The van der Waals surface area contributed by atoms with Crippen molar-refractivity contribution in [3.05, 3.63) is 65.7 Å². The Bertz CT molecular complexity index is 492. The van der Waals surface area contributed by atoms with Gasteiger partial charge in [0, 0.05) is 30.5 Å². The maximum atomic E-state index is 3.64. The van der Waals surface area contributed by atoms with Crippen LogP contribution in [0.3, 0.4) is 0 Å². The number of rotatable bonds is 5. The van der Waals surface area contributed by atoms with Gasteiger partial charge in [-0.05, 0) is 24.6 Å². The molecule has 0 aliphatic heterocycles. The summed E-state index contributed by atoms with van der Waals surface area (Å²) in [6, 6.07) is 19.4. The van der Waals surface area contributed by atoms with E-state index in [1.807, 2.05) is 0 Å². The Hall–Kier alpha value is -1.28. The van der Waals surface area contributed by atoms with Crippen molar-refractivity contribution in [2.45, 2.75) is 12.8 Å². The molecule has 0 aliphatic rings. The predicted octanol–water partition coefficient (Wildman–Crippen LogP) is 4.61. The van der Waals surface area contributed by atoms with Gasteiger partial charge >= 0.3 is 0 Å². The molecule has 0 saturated carbocycles.